The number of benzene rings is 2. The summed E-state index contributed by atoms with van der Waals surface area (Å²) in [4.78, 5) is 23.4. The van der Waals surface area contributed by atoms with Crippen LogP contribution in [0.3, 0.4) is 0 Å². The summed E-state index contributed by atoms with van der Waals surface area (Å²) in [6.07, 6.45) is 0. The topological polar surface area (TPSA) is 81.4 Å². The first-order chi connectivity index (χ1) is 10.6. The summed E-state index contributed by atoms with van der Waals surface area (Å²) in [5.41, 5.74) is 5.97. The second-order valence-corrected chi connectivity index (χ2v) is 5.48. The monoisotopic (exact) mass is 362 g/mol. The molecule has 0 aliphatic carbocycles. The van der Waals surface area contributed by atoms with Crippen LogP contribution >= 0.6 is 15.9 Å². The van der Waals surface area contributed by atoms with Crippen molar-refractivity contribution in [2.75, 3.05) is 6.61 Å². The second kappa shape index (κ2) is 7.61. The average molecular weight is 363 g/mol. The van der Waals surface area contributed by atoms with Gasteiger partial charge in [0.2, 0.25) is 5.91 Å². The van der Waals surface area contributed by atoms with Gasteiger partial charge in [-0.3, -0.25) is 9.59 Å². The van der Waals surface area contributed by atoms with Gasteiger partial charge in [-0.15, -0.1) is 0 Å². The molecule has 0 fully saturated rings. The molecule has 0 radical (unpaired) electrons. The first kappa shape index (κ1) is 16.0. The Morgan fingerprint density at radius 3 is 2.50 bits per heavy atom. The molecule has 114 valence electrons. The molecule has 1 atom stereocenters. The molecule has 0 saturated heterocycles. The van der Waals surface area contributed by atoms with Gasteiger partial charge >= 0.3 is 0 Å². The highest BCUT2D eigenvalue weighted by Crippen LogP contribution is 2.17. The Morgan fingerprint density at radius 2 is 1.86 bits per heavy atom. The number of hydrogen-bond acceptors (Lipinski definition) is 3. The van der Waals surface area contributed by atoms with Gasteiger partial charge in [-0.1, -0.05) is 52.3 Å². The number of amides is 2. The number of nitrogens with two attached hydrogens (primary N) is 1. The van der Waals surface area contributed by atoms with Crippen molar-refractivity contribution in [1.82, 2.24) is 5.32 Å². The smallest absolute Gasteiger partial charge is 0.258 e. The number of rotatable bonds is 6. The first-order valence-corrected chi connectivity index (χ1v) is 7.37. The zero-order valence-corrected chi connectivity index (χ0v) is 13.2. The molecule has 2 rings (SSSR count). The van der Waals surface area contributed by atoms with Gasteiger partial charge in [-0.2, -0.15) is 0 Å². The Kier molecular flexibility index (Phi) is 5.55. The molecule has 2 aromatic rings. The number of nitrogens with one attached hydrogen (secondary N) is 1. The number of carbonyl (C=O) groups is 2. The van der Waals surface area contributed by atoms with E-state index < -0.39 is 17.9 Å². The predicted molar refractivity (Wildman–Crippen MR) is 86.2 cm³/mol. The van der Waals surface area contributed by atoms with Crippen molar-refractivity contribution >= 4 is 27.7 Å². The third-order valence-electron chi connectivity index (χ3n) is 2.89. The maximum Gasteiger partial charge on any atom is 0.258 e. The van der Waals surface area contributed by atoms with Crippen LogP contribution < -0.4 is 15.8 Å². The number of halogens is 1. The van der Waals surface area contributed by atoms with Gasteiger partial charge in [0.25, 0.3) is 5.91 Å². The maximum atomic E-state index is 11.9. The largest absolute Gasteiger partial charge is 0.484 e. The molecule has 22 heavy (non-hydrogen) atoms. The van der Waals surface area contributed by atoms with Crippen LogP contribution in [0.2, 0.25) is 0 Å². The highest BCUT2D eigenvalue weighted by atomic mass is 79.9. The molecule has 6 heteroatoms. The summed E-state index contributed by atoms with van der Waals surface area (Å²) < 4.78 is 6.22. The van der Waals surface area contributed by atoms with Gasteiger partial charge in [0.1, 0.15) is 11.8 Å². The first-order valence-electron chi connectivity index (χ1n) is 6.58. The molecule has 0 aromatic heterocycles. The Balaban J connectivity index is 1.96. The summed E-state index contributed by atoms with van der Waals surface area (Å²) in [6.45, 7) is -0.201. The standard InChI is InChI=1S/C16H15BrN2O3/c17-12-7-4-8-13(9-12)22-10-14(20)19-15(16(18)21)11-5-2-1-3-6-11/h1-9,15H,10H2,(H2,18,21)(H,19,20). The van der Waals surface area contributed by atoms with Crippen LogP contribution in [0.1, 0.15) is 11.6 Å². The Morgan fingerprint density at radius 1 is 1.14 bits per heavy atom. The van der Waals surface area contributed by atoms with Gasteiger partial charge in [0.15, 0.2) is 6.61 Å². The van der Waals surface area contributed by atoms with Crippen LogP contribution in [0.4, 0.5) is 0 Å². The van der Waals surface area contributed by atoms with E-state index in [-0.39, 0.29) is 6.61 Å². The van der Waals surface area contributed by atoms with Gasteiger partial charge in [0.05, 0.1) is 0 Å². The lowest BCUT2D eigenvalue weighted by atomic mass is 10.1. The summed E-state index contributed by atoms with van der Waals surface area (Å²) in [6, 6.07) is 15.1. The second-order valence-electron chi connectivity index (χ2n) is 4.56. The van der Waals surface area contributed by atoms with Crippen molar-refractivity contribution in [3.63, 3.8) is 0 Å². The molecular weight excluding hydrogens is 348 g/mol. The highest BCUT2D eigenvalue weighted by Gasteiger charge is 2.20. The van der Waals surface area contributed by atoms with Crippen molar-refractivity contribution in [3.05, 3.63) is 64.6 Å². The van der Waals surface area contributed by atoms with Crippen LogP contribution in [0.15, 0.2) is 59.1 Å². The van der Waals surface area contributed by atoms with Gasteiger partial charge in [-0.25, -0.2) is 0 Å². The van der Waals surface area contributed by atoms with E-state index >= 15 is 0 Å². The lowest BCUT2D eigenvalue weighted by Crippen LogP contribution is -2.39. The van der Waals surface area contributed by atoms with E-state index in [1.165, 1.54) is 0 Å². The van der Waals surface area contributed by atoms with E-state index in [0.29, 0.717) is 11.3 Å². The molecule has 0 saturated carbocycles. The van der Waals surface area contributed by atoms with Crippen LogP contribution in [-0.2, 0) is 9.59 Å². The molecule has 0 aliphatic heterocycles. The van der Waals surface area contributed by atoms with Crippen LogP contribution in [0.25, 0.3) is 0 Å². The minimum absolute atomic E-state index is 0.201. The van der Waals surface area contributed by atoms with E-state index in [1.807, 2.05) is 12.1 Å². The third-order valence-corrected chi connectivity index (χ3v) is 3.38. The fourth-order valence-corrected chi connectivity index (χ4v) is 2.25. The van der Waals surface area contributed by atoms with E-state index in [1.54, 1.807) is 42.5 Å². The zero-order valence-electron chi connectivity index (χ0n) is 11.7. The Bertz CT molecular complexity index is 661. The van der Waals surface area contributed by atoms with E-state index in [2.05, 4.69) is 21.2 Å². The lowest BCUT2D eigenvalue weighted by molar-refractivity contribution is -0.128. The predicted octanol–water partition coefficient (Wildman–Crippen LogP) is 2.17. The lowest BCUT2D eigenvalue weighted by Gasteiger charge is -2.16. The molecule has 1 unspecified atom stereocenters. The third kappa shape index (κ3) is 4.60. The maximum absolute atomic E-state index is 11.9. The van der Waals surface area contributed by atoms with Crippen LogP contribution in [-0.4, -0.2) is 18.4 Å². The quantitative estimate of drug-likeness (QED) is 0.825. The SMILES string of the molecule is NC(=O)C(NC(=O)COc1cccc(Br)c1)c1ccccc1. The van der Waals surface area contributed by atoms with Gasteiger partial charge in [-0.05, 0) is 23.8 Å². The van der Waals surface area contributed by atoms with Crippen molar-refractivity contribution in [2.24, 2.45) is 5.73 Å². The van der Waals surface area contributed by atoms with Crippen molar-refractivity contribution in [1.29, 1.82) is 0 Å². The molecule has 0 bridgehead atoms. The molecule has 0 aliphatic rings. The Hall–Kier alpha value is -2.34. The average Bonchev–Trinajstić information content (AvgIpc) is 2.51. The minimum atomic E-state index is -0.875. The van der Waals surface area contributed by atoms with Crippen molar-refractivity contribution in [3.8, 4) is 5.75 Å². The van der Waals surface area contributed by atoms with Crippen LogP contribution in [0.5, 0.6) is 5.75 Å². The zero-order chi connectivity index (χ0) is 15.9. The molecule has 0 heterocycles. The number of carbonyl (C=O) groups excluding carboxylic acids is 2. The molecule has 2 amide bonds. The number of hydrogen-bond donors (Lipinski definition) is 2. The normalized spacial score (nSPS) is 11.5. The van der Waals surface area contributed by atoms with Gasteiger partial charge in [0, 0.05) is 4.47 Å². The summed E-state index contributed by atoms with van der Waals surface area (Å²) in [7, 11) is 0. The molecule has 3 N–H and O–H groups in total. The molecule has 0 spiro atoms. The molecule has 5 nitrogen and oxygen atoms in total. The fourth-order valence-electron chi connectivity index (χ4n) is 1.87. The molecular formula is C16H15BrN2O3. The van der Waals surface area contributed by atoms with Gasteiger partial charge < -0.3 is 15.8 Å². The fraction of sp³-hybridized carbons (Fsp3) is 0.125. The van der Waals surface area contributed by atoms with E-state index in [4.69, 9.17) is 10.5 Å². The number of primary amides is 1. The summed E-state index contributed by atoms with van der Waals surface area (Å²) >= 11 is 3.32. The van der Waals surface area contributed by atoms with Crippen molar-refractivity contribution in [2.45, 2.75) is 6.04 Å². The molecule has 2 aromatic carbocycles. The van der Waals surface area contributed by atoms with E-state index in [0.717, 1.165) is 4.47 Å². The minimum Gasteiger partial charge on any atom is -0.484 e. The number of ether oxygens (including phenoxy) is 1. The summed E-state index contributed by atoms with van der Waals surface area (Å²) in [5, 5.41) is 2.57. The Labute approximate surface area is 136 Å². The van der Waals surface area contributed by atoms with Crippen LogP contribution in [0, 0.1) is 0 Å². The summed E-state index contributed by atoms with van der Waals surface area (Å²) in [5.74, 6) is -0.491. The van der Waals surface area contributed by atoms with E-state index in [9.17, 15) is 9.59 Å². The highest BCUT2D eigenvalue weighted by molar-refractivity contribution is 9.10. The van der Waals surface area contributed by atoms with Crippen molar-refractivity contribution < 1.29 is 14.3 Å².